The Hall–Kier alpha value is -2.64. The van der Waals surface area contributed by atoms with Crippen LogP contribution in [0.25, 0.3) is 0 Å². The molecule has 0 saturated heterocycles. The van der Waals surface area contributed by atoms with E-state index in [4.69, 9.17) is 15.8 Å². The van der Waals surface area contributed by atoms with E-state index in [1.54, 1.807) is 24.3 Å². The second-order valence-corrected chi connectivity index (χ2v) is 6.33. The average molecular weight is 371 g/mol. The molecule has 0 unspecified atom stereocenters. The summed E-state index contributed by atoms with van der Waals surface area (Å²) in [6.07, 6.45) is 0.923. The number of benzene rings is 2. The maximum absolute atomic E-state index is 11.0. The van der Waals surface area contributed by atoms with Crippen LogP contribution in [0.4, 0.5) is 0 Å². The smallest absolute Gasteiger partial charge is 0.469 e. The fraction of sp³-hybridized carbons (Fsp3) is 0.300. The second-order valence-electron chi connectivity index (χ2n) is 6.33. The third kappa shape index (κ3) is 7.25. The Kier molecular flexibility index (Phi) is 8.71. The second kappa shape index (κ2) is 10.5. The van der Waals surface area contributed by atoms with Gasteiger partial charge in [-0.25, -0.2) is 0 Å². The Labute approximate surface area is 160 Å². The highest BCUT2D eigenvalue weighted by Crippen LogP contribution is 2.15. The molecule has 0 fully saturated rings. The molecule has 0 aliphatic heterocycles. The Balaban J connectivity index is 0.000000277. The molecule has 1 amide bonds. The van der Waals surface area contributed by atoms with Gasteiger partial charge in [-0.05, 0) is 49.3 Å². The summed E-state index contributed by atoms with van der Waals surface area (Å²) in [7, 11) is -0.0900. The van der Waals surface area contributed by atoms with Gasteiger partial charge in [0, 0.05) is 12.0 Å². The minimum atomic E-state index is -1.44. The monoisotopic (exact) mass is 371 g/mol. The lowest BCUT2D eigenvalue weighted by molar-refractivity contribution is -0.140. The van der Waals surface area contributed by atoms with Crippen LogP contribution in [0.2, 0.25) is 0 Å². The number of ether oxygens (including phenoxy) is 1. The summed E-state index contributed by atoms with van der Waals surface area (Å²) in [6.45, 7) is 5.81. The van der Waals surface area contributed by atoms with Crippen molar-refractivity contribution >= 4 is 24.5 Å². The highest BCUT2D eigenvalue weighted by Gasteiger charge is 2.10. The Bertz CT molecular complexity index is 764. The molecule has 7 heteroatoms. The molecule has 0 radical (unpaired) electrons. The van der Waals surface area contributed by atoms with Gasteiger partial charge in [0.05, 0.1) is 7.11 Å². The van der Waals surface area contributed by atoms with Crippen molar-refractivity contribution in [2.75, 3.05) is 7.11 Å². The highest BCUT2D eigenvalue weighted by molar-refractivity contribution is 6.58. The fourth-order valence-electron chi connectivity index (χ4n) is 2.77. The summed E-state index contributed by atoms with van der Waals surface area (Å²) in [5, 5.41) is 17.7. The number of hydrogen-bond donors (Lipinski definition) is 3. The van der Waals surface area contributed by atoms with Gasteiger partial charge in [0.25, 0.3) is 0 Å². The number of hydrogen-bond acceptors (Lipinski definition) is 5. The van der Waals surface area contributed by atoms with Crippen molar-refractivity contribution in [2.24, 2.45) is 5.73 Å². The van der Waals surface area contributed by atoms with Crippen molar-refractivity contribution in [3.05, 3.63) is 64.2 Å². The number of rotatable bonds is 5. The van der Waals surface area contributed by atoms with E-state index < -0.39 is 7.12 Å². The van der Waals surface area contributed by atoms with Crippen molar-refractivity contribution in [1.82, 2.24) is 0 Å². The fourth-order valence-corrected chi connectivity index (χ4v) is 2.77. The van der Waals surface area contributed by atoms with Gasteiger partial charge in [0.1, 0.15) is 0 Å². The highest BCUT2D eigenvalue weighted by atomic mass is 16.5. The first-order valence-electron chi connectivity index (χ1n) is 8.55. The first kappa shape index (κ1) is 22.4. The third-order valence-electron chi connectivity index (χ3n) is 4.05. The van der Waals surface area contributed by atoms with Gasteiger partial charge in [-0.3, -0.25) is 9.59 Å². The van der Waals surface area contributed by atoms with Crippen LogP contribution in [0.1, 0.15) is 39.0 Å². The van der Waals surface area contributed by atoms with E-state index in [-0.39, 0.29) is 11.9 Å². The summed E-state index contributed by atoms with van der Waals surface area (Å²) in [6, 6.07) is 10.7. The van der Waals surface area contributed by atoms with Crippen LogP contribution < -0.4 is 11.2 Å². The third-order valence-corrected chi connectivity index (χ3v) is 4.05. The van der Waals surface area contributed by atoms with Crippen LogP contribution in [-0.4, -0.2) is 36.2 Å². The van der Waals surface area contributed by atoms with Crippen LogP contribution in [0.5, 0.6) is 0 Å². The number of aryl methyl sites for hydroxylation is 4. The van der Waals surface area contributed by atoms with Crippen molar-refractivity contribution < 1.29 is 24.4 Å². The number of methoxy groups -OCH3 is 1. The van der Waals surface area contributed by atoms with E-state index >= 15 is 0 Å². The van der Waals surface area contributed by atoms with Crippen LogP contribution in [-0.2, 0) is 16.0 Å². The lowest BCUT2D eigenvalue weighted by atomic mass is 9.80. The van der Waals surface area contributed by atoms with Crippen molar-refractivity contribution in [2.45, 2.75) is 33.6 Å². The quantitative estimate of drug-likeness (QED) is 0.540. The number of primary amides is 1. The summed E-state index contributed by atoms with van der Waals surface area (Å²) in [5.41, 5.74) is 10.4. The van der Waals surface area contributed by atoms with Crippen LogP contribution in [0.3, 0.4) is 0 Å². The molecule has 0 atom stereocenters. The van der Waals surface area contributed by atoms with Crippen LogP contribution in [0.15, 0.2) is 36.4 Å². The largest absolute Gasteiger partial charge is 0.488 e. The number of carbonyl (C=O) groups is 2. The Morgan fingerprint density at radius 1 is 1.04 bits per heavy atom. The molecule has 6 nitrogen and oxygen atoms in total. The molecule has 0 aliphatic carbocycles. The molecule has 0 aromatic heterocycles. The van der Waals surface area contributed by atoms with E-state index in [9.17, 15) is 9.59 Å². The van der Waals surface area contributed by atoms with Crippen molar-refractivity contribution in [3.63, 3.8) is 0 Å². The van der Waals surface area contributed by atoms with Gasteiger partial charge in [0.15, 0.2) is 0 Å². The molecule has 4 N–H and O–H groups in total. The molecule has 0 bridgehead atoms. The molecule has 27 heavy (non-hydrogen) atoms. The lowest BCUT2D eigenvalue weighted by Gasteiger charge is -2.06. The van der Waals surface area contributed by atoms with Crippen LogP contribution >= 0.6 is 0 Å². The zero-order chi connectivity index (χ0) is 20.6. The summed E-state index contributed by atoms with van der Waals surface area (Å²) in [5.74, 6) is -0.591. The molecule has 0 aliphatic rings. The van der Waals surface area contributed by atoms with E-state index in [1.807, 2.05) is 32.9 Å². The summed E-state index contributed by atoms with van der Waals surface area (Å²) < 4.78 is 4.51. The molecular formula is C20H26BNO5. The van der Waals surface area contributed by atoms with E-state index in [0.29, 0.717) is 23.9 Å². The first-order chi connectivity index (χ1) is 12.6. The average Bonchev–Trinajstić information content (AvgIpc) is 2.59. The summed E-state index contributed by atoms with van der Waals surface area (Å²) in [4.78, 5) is 21.8. The molecule has 0 heterocycles. The van der Waals surface area contributed by atoms with Gasteiger partial charge < -0.3 is 20.5 Å². The minimum absolute atomic E-state index is 0.249. The van der Waals surface area contributed by atoms with Gasteiger partial charge >= 0.3 is 13.1 Å². The van der Waals surface area contributed by atoms with Gasteiger partial charge in [0.2, 0.25) is 5.91 Å². The number of nitrogens with two attached hydrogens (primary N) is 1. The van der Waals surface area contributed by atoms with Gasteiger partial charge in [-0.2, -0.15) is 0 Å². The van der Waals surface area contributed by atoms with E-state index in [1.165, 1.54) is 7.11 Å². The van der Waals surface area contributed by atoms with Crippen LogP contribution in [0, 0.1) is 20.8 Å². The standard InChI is InChI=1S/C10H13BO4.C10H13NO/c1-15-10(12)7-4-8-2-5-9(6-3-8)11(13)14;1-6-4-7(2)9(10(11)12)8(3)5-6/h2-3,5-6,13-14H,4,7H2,1H3;4-5H,1-3H3,(H2,11,12). The maximum Gasteiger partial charge on any atom is 0.488 e. The molecular weight excluding hydrogens is 345 g/mol. The van der Waals surface area contributed by atoms with Crippen molar-refractivity contribution in [1.29, 1.82) is 0 Å². The minimum Gasteiger partial charge on any atom is -0.469 e. The number of amides is 1. The zero-order valence-corrected chi connectivity index (χ0v) is 16.2. The van der Waals surface area contributed by atoms with Gasteiger partial charge in [-0.15, -0.1) is 0 Å². The normalized spacial score (nSPS) is 9.85. The predicted molar refractivity (Wildman–Crippen MR) is 106 cm³/mol. The molecule has 0 saturated carbocycles. The van der Waals surface area contributed by atoms with Gasteiger partial charge in [-0.1, -0.05) is 42.0 Å². The summed E-state index contributed by atoms with van der Waals surface area (Å²) >= 11 is 0. The number of esters is 1. The molecule has 0 spiro atoms. The first-order valence-corrected chi connectivity index (χ1v) is 8.55. The predicted octanol–water partition coefficient (Wildman–Crippen LogP) is 1.18. The molecule has 144 valence electrons. The van der Waals surface area contributed by atoms with E-state index in [0.717, 1.165) is 22.3 Å². The Morgan fingerprint density at radius 2 is 1.56 bits per heavy atom. The number of carbonyl (C=O) groups excluding carboxylic acids is 2. The molecule has 2 rings (SSSR count). The molecule has 2 aromatic rings. The maximum atomic E-state index is 11.0. The van der Waals surface area contributed by atoms with E-state index in [2.05, 4.69) is 4.74 Å². The molecule has 2 aromatic carbocycles. The Morgan fingerprint density at radius 3 is 1.96 bits per heavy atom. The topological polar surface area (TPSA) is 110 Å². The van der Waals surface area contributed by atoms with Crippen molar-refractivity contribution in [3.8, 4) is 0 Å². The SMILES string of the molecule is COC(=O)CCc1ccc(B(O)O)cc1.Cc1cc(C)c(C(N)=O)c(C)c1. The lowest BCUT2D eigenvalue weighted by Crippen LogP contribution is -2.29. The zero-order valence-electron chi connectivity index (χ0n) is 16.2.